The molecule has 0 radical (unpaired) electrons. The standard InChI is InChI=1S/C54H58O9/c1-39-47(55-33-41-21-9-3-10-22-41)49(57-35-43-25-13-5-14-26-43)51(59-37-45-29-17-7-18-30-45)53(61-39)63-54-52(60-38-46-31-19-8-20-32-46)50(58-36-44-27-15-6-16-28-44)48(40(2)62-54)56-34-42-23-11-4-12-24-42/h3-32,39-40,47-54H,33-38H2,1-2H3/t39-,40-,47-,48-,49+,50+,51+,52+,53-,54+/m0/s1. The van der Waals surface area contributed by atoms with Crippen molar-refractivity contribution in [3.05, 3.63) is 215 Å². The smallest absolute Gasteiger partial charge is 0.189 e. The van der Waals surface area contributed by atoms with Gasteiger partial charge in [0.15, 0.2) is 12.6 Å². The Morgan fingerprint density at radius 2 is 0.492 bits per heavy atom. The van der Waals surface area contributed by atoms with E-state index in [4.69, 9.17) is 42.6 Å². The van der Waals surface area contributed by atoms with Crippen molar-refractivity contribution in [2.24, 2.45) is 0 Å². The molecule has 328 valence electrons. The maximum absolute atomic E-state index is 7.10. The van der Waals surface area contributed by atoms with Gasteiger partial charge in [-0.25, -0.2) is 0 Å². The predicted molar refractivity (Wildman–Crippen MR) is 240 cm³/mol. The summed E-state index contributed by atoms with van der Waals surface area (Å²) in [5.41, 5.74) is 6.13. The predicted octanol–water partition coefficient (Wildman–Crippen LogP) is 10.0. The molecule has 2 fully saturated rings. The molecule has 0 bridgehead atoms. The number of rotatable bonds is 20. The van der Waals surface area contributed by atoms with E-state index in [0.717, 1.165) is 33.4 Å². The molecule has 0 saturated carbocycles. The summed E-state index contributed by atoms with van der Waals surface area (Å²) >= 11 is 0. The van der Waals surface area contributed by atoms with E-state index in [0.29, 0.717) is 26.4 Å². The minimum atomic E-state index is -0.961. The van der Waals surface area contributed by atoms with Crippen LogP contribution < -0.4 is 0 Å². The number of ether oxygens (including phenoxy) is 9. The lowest BCUT2D eigenvalue weighted by molar-refractivity contribution is -0.388. The second-order valence-corrected chi connectivity index (χ2v) is 16.1. The Balaban J connectivity index is 1.12. The van der Waals surface area contributed by atoms with Crippen molar-refractivity contribution in [1.29, 1.82) is 0 Å². The first-order valence-electron chi connectivity index (χ1n) is 22.0. The van der Waals surface area contributed by atoms with E-state index in [1.165, 1.54) is 0 Å². The van der Waals surface area contributed by atoms with Gasteiger partial charge in [0.05, 0.1) is 51.8 Å². The molecule has 0 unspecified atom stereocenters. The number of benzene rings is 6. The van der Waals surface area contributed by atoms with Crippen molar-refractivity contribution in [3.63, 3.8) is 0 Å². The topological polar surface area (TPSA) is 83.1 Å². The van der Waals surface area contributed by atoms with Crippen LogP contribution in [-0.4, -0.2) is 61.4 Å². The summed E-state index contributed by atoms with van der Waals surface area (Å²) in [5.74, 6) is 0. The molecule has 9 nitrogen and oxygen atoms in total. The summed E-state index contributed by atoms with van der Waals surface area (Å²) in [7, 11) is 0. The van der Waals surface area contributed by atoms with Gasteiger partial charge in [0, 0.05) is 0 Å². The lowest BCUT2D eigenvalue weighted by Gasteiger charge is -2.49. The first-order valence-corrected chi connectivity index (χ1v) is 22.0. The van der Waals surface area contributed by atoms with E-state index >= 15 is 0 Å². The third-order valence-electron chi connectivity index (χ3n) is 11.4. The zero-order chi connectivity index (χ0) is 43.1. The highest BCUT2D eigenvalue weighted by molar-refractivity contribution is 5.18. The van der Waals surface area contributed by atoms with Crippen LogP contribution in [0.2, 0.25) is 0 Å². The molecule has 2 heterocycles. The Morgan fingerprint density at radius 3 is 0.730 bits per heavy atom. The molecular weight excluding hydrogens is 793 g/mol. The van der Waals surface area contributed by atoms with Gasteiger partial charge in [0.2, 0.25) is 0 Å². The van der Waals surface area contributed by atoms with Crippen LogP contribution in [0.15, 0.2) is 182 Å². The molecule has 2 saturated heterocycles. The van der Waals surface area contributed by atoms with E-state index in [2.05, 4.69) is 0 Å². The quantitative estimate of drug-likeness (QED) is 0.0746. The van der Waals surface area contributed by atoms with Gasteiger partial charge in [-0.1, -0.05) is 182 Å². The van der Waals surface area contributed by atoms with Gasteiger partial charge < -0.3 is 42.6 Å². The summed E-state index contributed by atoms with van der Waals surface area (Å²) in [6, 6.07) is 60.6. The summed E-state index contributed by atoms with van der Waals surface area (Å²) < 4.78 is 61.8. The second-order valence-electron chi connectivity index (χ2n) is 16.1. The number of hydrogen-bond acceptors (Lipinski definition) is 9. The summed E-state index contributed by atoms with van der Waals surface area (Å²) in [6.45, 7) is 5.95. The SMILES string of the molecule is C[C@@H]1O[C@@H](O[C@H]2O[C@@H](C)[C@H](OCc3ccccc3)[C@@H](OCc3ccccc3)[C@H]2OCc2ccccc2)[C@H](OCc2ccccc2)[C@H](OCc2ccccc2)[C@H]1OCc1ccccc1. The van der Waals surface area contributed by atoms with Gasteiger partial charge in [0.25, 0.3) is 0 Å². The Morgan fingerprint density at radius 1 is 0.286 bits per heavy atom. The molecule has 0 amide bonds. The molecule has 0 aromatic heterocycles. The van der Waals surface area contributed by atoms with Crippen molar-refractivity contribution in [1.82, 2.24) is 0 Å². The van der Waals surface area contributed by atoms with Crippen molar-refractivity contribution in [2.45, 2.75) is 115 Å². The van der Waals surface area contributed by atoms with Gasteiger partial charge in [-0.05, 0) is 47.2 Å². The average Bonchev–Trinajstić information content (AvgIpc) is 3.33. The molecule has 10 atom stereocenters. The highest BCUT2D eigenvalue weighted by Gasteiger charge is 2.53. The van der Waals surface area contributed by atoms with E-state index < -0.39 is 61.4 Å². The molecule has 0 N–H and O–H groups in total. The lowest BCUT2D eigenvalue weighted by atomic mass is 9.97. The van der Waals surface area contributed by atoms with Crippen LogP contribution in [0, 0.1) is 0 Å². The van der Waals surface area contributed by atoms with E-state index in [1.807, 2.05) is 196 Å². The largest absolute Gasteiger partial charge is 0.368 e. The van der Waals surface area contributed by atoms with Gasteiger partial charge in [-0.15, -0.1) is 0 Å². The van der Waals surface area contributed by atoms with Crippen LogP contribution in [0.5, 0.6) is 0 Å². The minimum absolute atomic E-state index is 0.286. The Labute approximate surface area is 371 Å². The highest BCUT2D eigenvalue weighted by atomic mass is 16.8. The van der Waals surface area contributed by atoms with Crippen molar-refractivity contribution in [2.75, 3.05) is 0 Å². The van der Waals surface area contributed by atoms with Gasteiger partial charge in [-0.3, -0.25) is 0 Å². The fraction of sp³-hybridized carbons (Fsp3) is 0.333. The van der Waals surface area contributed by atoms with Gasteiger partial charge in [0.1, 0.15) is 36.6 Å². The van der Waals surface area contributed by atoms with Crippen molar-refractivity contribution < 1.29 is 42.6 Å². The normalized spacial score (nSPS) is 26.0. The van der Waals surface area contributed by atoms with Crippen LogP contribution in [0.1, 0.15) is 47.2 Å². The zero-order valence-electron chi connectivity index (χ0n) is 36.0. The molecular formula is C54H58O9. The molecule has 8 rings (SSSR count). The molecule has 9 heteroatoms. The zero-order valence-corrected chi connectivity index (χ0v) is 36.0. The van der Waals surface area contributed by atoms with Gasteiger partial charge in [-0.2, -0.15) is 0 Å². The molecule has 0 aliphatic carbocycles. The van der Waals surface area contributed by atoms with Crippen LogP contribution in [0.3, 0.4) is 0 Å². The molecule has 6 aromatic carbocycles. The first kappa shape index (κ1) is 44.6. The van der Waals surface area contributed by atoms with E-state index in [1.54, 1.807) is 0 Å². The van der Waals surface area contributed by atoms with Crippen molar-refractivity contribution in [3.8, 4) is 0 Å². The molecule has 2 aliphatic heterocycles. The summed E-state index contributed by atoms with van der Waals surface area (Å²) in [5, 5.41) is 0. The number of hydrogen-bond donors (Lipinski definition) is 0. The average molecular weight is 851 g/mol. The Bertz CT molecular complexity index is 2010. The molecule has 2 aliphatic rings. The maximum Gasteiger partial charge on any atom is 0.189 e. The van der Waals surface area contributed by atoms with Gasteiger partial charge >= 0.3 is 0 Å². The van der Waals surface area contributed by atoms with Crippen LogP contribution in [0.25, 0.3) is 0 Å². The minimum Gasteiger partial charge on any atom is -0.368 e. The van der Waals surface area contributed by atoms with Crippen LogP contribution in [-0.2, 0) is 82.3 Å². The Hall–Kier alpha value is -5.04. The van der Waals surface area contributed by atoms with Crippen LogP contribution >= 0.6 is 0 Å². The third kappa shape index (κ3) is 12.6. The maximum atomic E-state index is 7.10. The summed E-state index contributed by atoms with van der Waals surface area (Å²) in [6.07, 6.45) is -6.60. The van der Waals surface area contributed by atoms with Crippen LogP contribution in [0.4, 0.5) is 0 Å². The first-order chi connectivity index (χ1) is 31.1. The van der Waals surface area contributed by atoms with E-state index in [-0.39, 0.29) is 13.2 Å². The van der Waals surface area contributed by atoms with Crippen molar-refractivity contribution >= 4 is 0 Å². The molecule has 0 spiro atoms. The molecule has 63 heavy (non-hydrogen) atoms. The summed E-state index contributed by atoms with van der Waals surface area (Å²) in [4.78, 5) is 0. The molecule has 6 aromatic rings. The fourth-order valence-corrected chi connectivity index (χ4v) is 8.09. The van der Waals surface area contributed by atoms with E-state index in [9.17, 15) is 0 Å². The second kappa shape index (κ2) is 23.1. The third-order valence-corrected chi connectivity index (χ3v) is 11.4. The fourth-order valence-electron chi connectivity index (χ4n) is 8.09. The Kier molecular flexibility index (Phi) is 16.3. The highest BCUT2D eigenvalue weighted by Crippen LogP contribution is 2.36. The monoisotopic (exact) mass is 850 g/mol. The lowest BCUT2D eigenvalue weighted by Crippen LogP contribution is -2.64.